The van der Waals surface area contributed by atoms with E-state index in [9.17, 15) is 4.79 Å². The van der Waals surface area contributed by atoms with Gasteiger partial charge in [-0.25, -0.2) is 4.98 Å². The first-order chi connectivity index (χ1) is 8.20. The standard InChI is InChI=1S/C13H16N2OS/c1-3-8-4-9-11(10(16)5-8)7(2)12-13(15-9)14-6-17-12/h6-8,15H,3-5H2,1-2H3/t7?,8-/m0/s1. The fourth-order valence-electron chi connectivity index (χ4n) is 2.85. The summed E-state index contributed by atoms with van der Waals surface area (Å²) < 4.78 is 0. The van der Waals surface area contributed by atoms with Crippen molar-refractivity contribution >= 4 is 22.9 Å². The van der Waals surface area contributed by atoms with E-state index in [-0.39, 0.29) is 5.92 Å². The Balaban J connectivity index is 2.02. The van der Waals surface area contributed by atoms with Crippen LogP contribution in [0.25, 0.3) is 0 Å². The lowest BCUT2D eigenvalue weighted by Gasteiger charge is -2.32. The quantitative estimate of drug-likeness (QED) is 0.829. The number of carbonyl (C=O) groups excluding carboxylic acids is 1. The molecular formula is C13H16N2OS. The summed E-state index contributed by atoms with van der Waals surface area (Å²) in [6, 6.07) is 0. The molecule has 0 spiro atoms. The number of anilines is 1. The molecule has 0 saturated heterocycles. The normalized spacial score (nSPS) is 27.5. The molecule has 0 radical (unpaired) electrons. The molecule has 3 rings (SSSR count). The Morgan fingerprint density at radius 3 is 3.12 bits per heavy atom. The molecule has 1 aliphatic carbocycles. The molecule has 2 atom stereocenters. The topological polar surface area (TPSA) is 42.0 Å². The van der Waals surface area contributed by atoms with E-state index in [4.69, 9.17) is 0 Å². The van der Waals surface area contributed by atoms with Crippen LogP contribution in [0.5, 0.6) is 0 Å². The van der Waals surface area contributed by atoms with Gasteiger partial charge in [0.15, 0.2) is 5.78 Å². The van der Waals surface area contributed by atoms with Crippen LogP contribution in [-0.4, -0.2) is 10.8 Å². The van der Waals surface area contributed by atoms with Crippen LogP contribution in [-0.2, 0) is 4.79 Å². The van der Waals surface area contributed by atoms with Crippen molar-refractivity contribution in [3.8, 4) is 0 Å². The van der Waals surface area contributed by atoms with Crippen LogP contribution in [0.15, 0.2) is 16.8 Å². The second kappa shape index (κ2) is 3.95. The third-order valence-electron chi connectivity index (χ3n) is 3.86. The molecule has 0 aromatic carbocycles. The Morgan fingerprint density at radius 1 is 1.53 bits per heavy atom. The minimum absolute atomic E-state index is 0.221. The van der Waals surface area contributed by atoms with Gasteiger partial charge < -0.3 is 5.32 Å². The summed E-state index contributed by atoms with van der Waals surface area (Å²) in [6.07, 6.45) is 2.79. The van der Waals surface area contributed by atoms with Crippen LogP contribution in [0, 0.1) is 5.92 Å². The molecule has 2 aliphatic rings. The average molecular weight is 248 g/mol. The molecule has 0 amide bonds. The molecule has 4 heteroatoms. The van der Waals surface area contributed by atoms with Gasteiger partial charge >= 0.3 is 0 Å². The van der Waals surface area contributed by atoms with E-state index in [2.05, 4.69) is 24.1 Å². The van der Waals surface area contributed by atoms with Crippen LogP contribution < -0.4 is 5.32 Å². The minimum atomic E-state index is 0.221. The molecule has 1 aromatic rings. The van der Waals surface area contributed by atoms with Gasteiger partial charge in [0.05, 0.1) is 10.4 Å². The largest absolute Gasteiger partial charge is 0.342 e. The Bertz CT molecular complexity index is 503. The van der Waals surface area contributed by atoms with Crippen molar-refractivity contribution in [2.45, 2.75) is 39.0 Å². The number of ketones is 1. The highest BCUT2D eigenvalue weighted by Crippen LogP contribution is 2.44. The van der Waals surface area contributed by atoms with Crippen LogP contribution >= 0.6 is 11.3 Å². The van der Waals surface area contributed by atoms with Crippen LogP contribution in [0.1, 0.15) is 43.9 Å². The molecule has 0 fully saturated rings. The first kappa shape index (κ1) is 11.0. The number of nitrogens with zero attached hydrogens (tertiary/aromatic N) is 1. The predicted octanol–water partition coefficient (Wildman–Crippen LogP) is 3.32. The van der Waals surface area contributed by atoms with Crippen molar-refractivity contribution in [3.05, 3.63) is 21.7 Å². The molecule has 1 aromatic heterocycles. The smallest absolute Gasteiger partial charge is 0.161 e. The number of fused-ring (bicyclic) bond motifs is 1. The number of Topliss-reactive ketones (excluding diaryl/α,β-unsaturated/α-hetero) is 1. The molecule has 1 aliphatic heterocycles. The summed E-state index contributed by atoms with van der Waals surface area (Å²) in [5.74, 6) is 2.02. The summed E-state index contributed by atoms with van der Waals surface area (Å²) in [5.41, 5.74) is 3.99. The van der Waals surface area contributed by atoms with Crippen molar-refractivity contribution in [1.29, 1.82) is 0 Å². The van der Waals surface area contributed by atoms with Gasteiger partial charge in [-0.05, 0) is 12.3 Å². The highest BCUT2D eigenvalue weighted by Gasteiger charge is 2.35. The van der Waals surface area contributed by atoms with Crippen molar-refractivity contribution in [2.24, 2.45) is 5.92 Å². The minimum Gasteiger partial charge on any atom is -0.342 e. The van der Waals surface area contributed by atoms with Gasteiger partial charge in [0.25, 0.3) is 0 Å². The second-order valence-electron chi connectivity index (χ2n) is 4.91. The fourth-order valence-corrected chi connectivity index (χ4v) is 3.66. The zero-order valence-corrected chi connectivity index (χ0v) is 10.9. The highest BCUT2D eigenvalue weighted by atomic mass is 32.1. The zero-order chi connectivity index (χ0) is 12.0. The summed E-state index contributed by atoms with van der Waals surface area (Å²) in [5, 5.41) is 3.36. The SMILES string of the molecule is CC[C@@H]1CC(=O)C2=C(C1)Nc1ncsc1C2C. The lowest BCUT2D eigenvalue weighted by Crippen LogP contribution is -2.28. The lowest BCUT2D eigenvalue weighted by molar-refractivity contribution is -0.117. The molecule has 17 heavy (non-hydrogen) atoms. The Kier molecular flexibility index (Phi) is 2.54. The summed E-state index contributed by atoms with van der Waals surface area (Å²) in [4.78, 5) is 17.8. The van der Waals surface area contributed by atoms with E-state index < -0.39 is 0 Å². The van der Waals surface area contributed by atoms with Crippen LogP contribution in [0.4, 0.5) is 5.82 Å². The average Bonchev–Trinajstić information content (AvgIpc) is 2.76. The van der Waals surface area contributed by atoms with Crippen molar-refractivity contribution in [2.75, 3.05) is 5.32 Å². The van der Waals surface area contributed by atoms with E-state index in [1.165, 1.54) is 4.88 Å². The second-order valence-corrected chi connectivity index (χ2v) is 5.80. The van der Waals surface area contributed by atoms with E-state index in [0.717, 1.165) is 36.4 Å². The number of rotatable bonds is 1. The summed E-state index contributed by atoms with van der Waals surface area (Å²) in [7, 11) is 0. The molecule has 0 saturated carbocycles. The van der Waals surface area contributed by atoms with Gasteiger partial charge in [0.2, 0.25) is 0 Å². The monoisotopic (exact) mass is 248 g/mol. The molecule has 2 heterocycles. The van der Waals surface area contributed by atoms with Gasteiger partial charge in [0, 0.05) is 23.6 Å². The molecule has 1 N–H and O–H groups in total. The lowest BCUT2D eigenvalue weighted by atomic mass is 9.78. The predicted molar refractivity (Wildman–Crippen MR) is 69.2 cm³/mol. The maximum atomic E-state index is 12.2. The molecule has 1 unspecified atom stereocenters. The molecule has 90 valence electrons. The zero-order valence-electron chi connectivity index (χ0n) is 10.1. The van der Waals surface area contributed by atoms with Gasteiger partial charge in [0.1, 0.15) is 5.82 Å². The Morgan fingerprint density at radius 2 is 2.35 bits per heavy atom. The number of allylic oxidation sites excluding steroid dienone is 2. The van der Waals surface area contributed by atoms with Gasteiger partial charge in [-0.2, -0.15) is 0 Å². The number of aromatic nitrogens is 1. The first-order valence-corrected chi connectivity index (χ1v) is 7.05. The van der Waals surface area contributed by atoms with E-state index in [1.54, 1.807) is 11.3 Å². The molecule has 0 bridgehead atoms. The maximum absolute atomic E-state index is 12.2. The van der Waals surface area contributed by atoms with E-state index >= 15 is 0 Å². The van der Waals surface area contributed by atoms with E-state index in [1.807, 2.05) is 5.51 Å². The Labute approximate surface area is 105 Å². The number of carbonyl (C=O) groups is 1. The molecular weight excluding hydrogens is 232 g/mol. The van der Waals surface area contributed by atoms with Crippen molar-refractivity contribution < 1.29 is 4.79 Å². The van der Waals surface area contributed by atoms with Gasteiger partial charge in [-0.3, -0.25) is 4.79 Å². The summed E-state index contributed by atoms with van der Waals surface area (Å²) >= 11 is 1.64. The van der Waals surface area contributed by atoms with Crippen molar-refractivity contribution in [3.63, 3.8) is 0 Å². The third kappa shape index (κ3) is 1.62. The Hall–Kier alpha value is -1.16. The number of thiazole rings is 1. The number of nitrogens with one attached hydrogen (secondary N) is 1. The fraction of sp³-hybridized carbons (Fsp3) is 0.538. The first-order valence-electron chi connectivity index (χ1n) is 6.17. The van der Waals surface area contributed by atoms with E-state index in [0.29, 0.717) is 11.7 Å². The number of hydrogen-bond acceptors (Lipinski definition) is 4. The summed E-state index contributed by atoms with van der Waals surface area (Å²) in [6.45, 7) is 4.28. The van der Waals surface area contributed by atoms with Crippen molar-refractivity contribution in [1.82, 2.24) is 4.98 Å². The van der Waals surface area contributed by atoms with Crippen LogP contribution in [0.2, 0.25) is 0 Å². The third-order valence-corrected chi connectivity index (χ3v) is 4.87. The highest BCUT2D eigenvalue weighted by molar-refractivity contribution is 7.10. The number of hydrogen-bond donors (Lipinski definition) is 1. The van der Waals surface area contributed by atoms with Gasteiger partial charge in [-0.1, -0.05) is 20.3 Å². The molecule has 3 nitrogen and oxygen atoms in total. The maximum Gasteiger partial charge on any atom is 0.161 e. The van der Waals surface area contributed by atoms with Crippen LogP contribution in [0.3, 0.4) is 0 Å². The van der Waals surface area contributed by atoms with Gasteiger partial charge in [-0.15, -0.1) is 11.3 Å².